The number of anilines is 1. The normalized spacial score (nSPS) is 15.2. The van der Waals surface area contributed by atoms with Gasteiger partial charge in [0.05, 0.1) is 6.54 Å². The molecule has 4 nitrogen and oxygen atoms in total. The smallest absolute Gasteiger partial charge is 0.238 e. The lowest BCUT2D eigenvalue weighted by atomic mass is 9.85. The predicted molar refractivity (Wildman–Crippen MR) is 82.4 cm³/mol. The fourth-order valence-corrected chi connectivity index (χ4v) is 2.47. The van der Waals surface area contributed by atoms with E-state index in [-0.39, 0.29) is 5.91 Å². The van der Waals surface area contributed by atoms with Crippen LogP contribution in [0.3, 0.4) is 0 Å². The van der Waals surface area contributed by atoms with Gasteiger partial charge >= 0.3 is 0 Å². The van der Waals surface area contributed by atoms with E-state index in [2.05, 4.69) is 17.1 Å². The summed E-state index contributed by atoms with van der Waals surface area (Å²) in [5.41, 5.74) is 7.47. The van der Waals surface area contributed by atoms with E-state index in [4.69, 9.17) is 5.73 Å². The Kier molecular flexibility index (Phi) is 5.56. The van der Waals surface area contributed by atoms with Crippen LogP contribution in [-0.4, -0.2) is 30.4 Å². The van der Waals surface area contributed by atoms with Crippen molar-refractivity contribution in [3.05, 3.63) is 29.8 Å². The molecule has 1 amide bonds. The lowest BCUT2D eigenvalue weighted by Gasteiger charge is -2.31. The van der Waals surface area contributed by atoms with Gasteiger partial charge in [-0.15, -0.1) is 0 Å². The summed E-state index contributed by atoms with van der Waals surface area (Å²) in [4.78, 5) is 14.3. The number of hydrogen-bond donors (Lipinski definition) is 2. The van der Waals surface area contributed by atoms with Crippen LogP contribution in [0.25, 0.3) is 0 Å². The Morgan fingerprint density at radius 2 is 2.05 bits per heavy atom. The van der Waals surface area contributed by atoms with Crippen molar-refractivity contribution in [2.24, 2.45) is 11.7 Å². The fraction of sp³-hybridized carbons (Fsp3) is 0.562. The van der Waals surface area contributed by atoms with Crippen molar-refractivity contribution in [1.82, 2.24) is 4.90 Å². The maximum absolute atomic E-state index is 12.0. The largest absolute Gasteiger partial charge is 0.326 e. The molecule has 1 aromatic carbocycles. The number of rotatable bonds is 7. The molecule has 0 atom stereocenters. The summed E-state index contributed by atoms with van der Waals surface area (Å²) < 4.78 is 0. The molecule has 3 N–H and O–H groups in total. The number of nitrogens with two attached hydrogens (primary N) is 1. The SMILES string of the molecule is CCN(CC(=O)Nc1ccc(CN)cc1)CC1CCC1. The molecule has 0 heterocycles. The molecule has 0 unspecified atom stereocenters. The van der Waals surface area contributed by atoms with Gasteiger partial charge in [0.15, 0.2) is 0 Å². The Labute approximate surface area is 121 Å². The number of carbonyl (C=O) groups excluding carboxylic acids is 1. The number of hydrogen-bond acceptors (Lipinski definition) is 3. The highest BCUT2D eigenvalue weighted by Crippen LogP contribution is 2.26. The summed E-state index contributed by atoms with van der Waals surface area (Å²) in [6, 6.07) is 7.70. The Bertz CT molecular complexity index is 426. The third kappa shape index (κ3) is 4.32. The van der Waals surface area contributed by atoms with E-state index >= 15 is 0 Å². The van der Waals surface area contributed by atoms with Gasteiger partial charge in [-0.2, -0.15) is 0 Å². The summed E-state index contributed by atoms with van der Waals surface area (Å²) in [5.74, 6) is 0.859. The molecule has 1 fully saturated rings. The summed E-state index contributed by atoms with van der Waals surface area (Å²) >= 11 is 0. The lowest BCUT2D eigenvalue weighted by Crippen LogP contribution is -2.38. The maximum Gasteiger partial charge on any atom is 0.238 e. The van der Waals surface area contributed by atoms with E-state index in [1.54, 1.807) is 0 Å². The number of carbonyl (C=O) groups is 1. The molecular weight excluding hydrogens is 250 g/mol. The second-order valence-electron chi connectivity index (χ2n) is 5.57. The molecule has 1 aromatic rings. The second-order valence-corrected chi connectivity index (χ2v) is 5.57. The van der Waals surface area contributed by atoms with E-state index in [9.17, 15) is 4.79 Å². The molecule has 0 bridgehead atoms. The Morgan fingerprint density at radius 1 is 1.35 bits per heavy atom. The molecule has 0 saturated heterocycles. The quantitative estimate of drug-likeness (QED) is 0.802. The average molecular weight is 275 g/mol. The van der Waals surface area contributed by atoms with Crippen LogP contribution in [0, 0.1) is 5.92 Å². The van der Waals surface area contributed by atoms with Gasteiger partial charge in [-0.3, -0.25) is 9.69 Å². The van der Waals surface area contributed by atoms with Crippen molar-refractivity contribution < 1.29 is 4.79 Å². The summed E-state index contributed by atoms with van der Waals surface area (Å²) in [6.07, 6.45) is 3.99. The first-order valence-electron chi connectivity index (χ1n) is 7.52. The first kappa shape index (κ1) is 15.0. The zero-order valence-electron chi connectivity index (χ0n) is 12.3. The molecule has 0 aliphatic heterocycles. The van der Waals surface area contributed by atoms with Crippen LogP contribution in [0.2, 0.25) is 0 Å². The van der Waals surface area contributed by atoms with Gasteiger partial charge in [-0.25, -0.2) is 0 Å². The minimum Gasteiger partial charge on any atom is -0.326 e. The maximum atomic E-state index is 12.0. The van der Waals surface area contributed by atoms with Crippen LogP contribution in [-0.2, 0) is 11.3 Å². The third-order valence-corrected chi connectivity index (χ3v) is 4.03. The summed E-state index contributed by atoms with van der Waals surface area (Å²) in [6.45, 7) is 5.10. The summed E-state index contributed by atoms with van der Waals surface area (Å²) in [7, 11) is 0. The van der Waals surface area contributed by atoms with E-state index in [0.29, 0.717) is 13.1 Å². The lowest BCUT2D eigenvalue weighted by molar-refractivity contribution is -0.117. The van der Waals surface area contributed by atoms with Gasteiger partial charge in [0.2, 0.25) is 5.91 Å². The second kappa shape index (κ2) is 7.41. The standard InChI is InChI=1S/C16H25N3O/c1-2-19(11-14-4-3-5-14)12-16(20)18-15-8-6-13(10-17)7-9-15/h6-9,14H,2-5,10-12,17H2,1H3,(H,18,20). The van der Waals surface area contributed by atoms with Crippen LogP contribution < -0.4 is 11.1 Å². The Morgan fingerprint density at radius 3 is 2.55 bits per heavy atom. The van der Waals surface area contributed by atoms with Gasteiger partial charge in [-0.05, 0) is 43.0 Å². The highest BCUT2D eigenvalue weighted by atomic mass is 16.2. The molecule has 1 saturated carbocycles. The van der Waals surface area contributed by atoms with Crippen molar-refractivity contribution >= 4 is 11.6 Å². The number of benzene rings is 1. The van der Waals surface area contributed by atoms with Gasteiger partial charge < -0.3 is 11.1 Å². The zero-order chi connectivity index (χ0) is 14.4. The van der Waals surface area contributed by atoms with Crippen molar-refractivity contribution in [1.29, 1.82) is 0 Å². The van der Waals surface area contributed by atoms with Crippen molar-refractivity contribution in [3.8, 4) is 0 Å². The molecule has 0 radical (unpaired) electrons. The first-order chi connectivity index (χ1) is 9.71. The van der Waals surface area contributed by atoms with Crippen LogP contribution in [0.5, 0.6) is 0 Å². The topological polar surface area (TPSA) is 58.4 Å². The average Bonchev–Trinajstić information content (AvgIpc) is 2.42. The van der Waals surface area contributed by atoms with Crippen LogP contribution in [0.4, 0.5) is 5.69 Å². The Balaban J connectivity index is 1.80. The van der Waals surface area contributed by atoms with Gasteiger partial charge in [0.25, 0.3) is 0 Å². The molecule has 110 valence electrons. The molecule has 20 heavy (non-hydrogen) atoms. The molecule has 1 aliphatic carbocycles. The van der Waals surface area contributed by atoms with Crippen LogP contribution >= 0.6 is 0 Å². The van der Waals surface area contributed by atoms with E-state index in [0.717, 1.165) is 30.3 Å². The van der Waals surface area contributed by atoms with Crippen LogP contribution in [0.1, 0.15) is 31.7 Å². The number of likely N-dealkylation sites (N-methyl/N-ethyl adjacent to an activating group) is 1. The van der Waals surface area contributed by atoms with Crippen molar-refractivity contribution in [2.45, 2.75) is 32.7 Å². The van der Waals surface area contributed by atoms with E-state index < -0.39 is 0 Å². The molecule has 2 rings (SSSR count). The van der Waals surface area contributed by atoms with Crippen LogP contribution in [0.15, 0.2) is 24.3 Å². The first-order valence-corrected chi connectivity index (χ1v) is 7.52. The van der Waals surface area contributed by atoms with E-state index in [1.165, 1.54) is 19.3 Å². The highest BCUT2D eigenvalue weighted by molar-refractivity contribution is 5.92. The monoisotopic (exact) mass is 275 g/mol. The number of nitrogens with one attached hydrogen (secondary N) is 1. The zero-order valence-corrected chi connectivity index (χ0v) is 12.3. The number of nitrogens with zero attached hydrogens (tertiary/aromatic N) is 1. The fourth-order valence-electron chi connectivity index (χ4n) is 2.47. The van der Waals surface area contributed by atoms with Crippen molar-refractivity contribution in [3.63, 3.8) is 0 Å². The molecular formula is C16H25N3O. The highest BCUT2D eigenvalue weighted by Gasteiger charge is 2.21. The predicted octanol–water partition coefficient (Wildman–Crippen LogP) is 2.21. The van der Waals surface area contributed by atoms with Crippen molar-refractivity contribution in [2.75, 3.05) is 25.0 Å². The minimum absolute atomic E-state index is 0.0617. The molecule has 4 heteroatoms. The molecule has 0 aromatic heterocycles. The van der Waals surface area contributed by atoms with Gasteiger partial charge in [0.1, 0.15) is 0 Å². The van der Waals surface area contributed by atoms with E-state index in [1.807, 2.05) is 24.3 Å². The van der Waals surface area contributed by atoms with Gasteiger partial charge in [-0.1, -0.05) is 25.5 Å². The Hall–Kier alpha value is -1.39. The molecule has 1 aliphatic rings. The minimum atomic E-state index is 0.0617. The third-order valence-electron chi connectivity index (χ3n) is 4.03. The summed E-state index contributed by atoms with van der Waals surface area (Å²) in [5, 5.41) is 2.95. The molecule has 0 spiro atoms. The number of amides is 1. The van der Waals surface area contributed by atoms with Gasteiger partial charge in [0, 0.05) is 18.8 Å².